The molecule has 2 rings (SSSR count). The van der Waals surface area contributed by atoms with Gasteiger partial charge in [0.25, 0.3) is 5.91 Å². The molecule has 1 aromatic carbocycles. The lowest BCUT2D eigenvalue weighted by molar-refractivity contribution is 0.0621. The van der Waals surface area contributed by atoms with Gasteiger partial charge >= 0.3 is 0 Å². The number of amides is 1. The third-order valence-electron chi connectivity index (χ3n) is 3.34. The van der Waals surface area contributed by atoms with Crippen LogP contribution in [0.5, 0.6) is 0 Å². The predicted octanol–water partition coefficient (Wildman–Crippen LogP) is 2.47. The summed E-state index contributed by atoms with van der Waals surface area (Å²) in [5.74, 6) is 0.144. The number of nitrogens with zero attached hydrogens (tertiary/aromatic N) is 4. The molecule has 0 bridgehead atoms. The molecule has 1 aliphatic heterocycles. The Morgan fingerprint density at radius 2 is 2.21 bits per heavy atom. The van der Waals surface area contributed by atoms with E-state index in [2.05, 4.69) is 10.0 Å². The van der Waals surface area contributed by atoms with E-state index in [1.807, 2.05) is 0 Å². The maximum absolute atomic E-state index is 12.3. The van der Waals surface area contributed by atoms with Crippen LogP contribution in [0.25, 0.3) is 10.4 Å². The van der Waals surface area contributed by atoms with Crippen molar-refractivity contribution in [1.29, 1.82) is 0 Å². The van der Waals surface area contributed by atoms with Crippen molar-refractivity contribution >= 4 is 11.6 Å². The number of likely N-dealkylation sites (tertiary alicyclic amines) is 1. The molecule has 1 N–H and O–H groups in total. The lowest BCUT2D eigenvalue weighted by Gasteiger charge is -2.31. The van der Waals surface area contributed by atoms with E-state index in [9.17, 15) is 9.90 Å². The summed E-state index contributed by atoms with van der Waals surface area (Å²) in [6, 6.07) is 6.57. The summed E-state index contributed by atoms with van der Waals surface area (Å²) in [7, 11) is 0. The van der Waals surface area contributed by atoms with E-state index in [1.165, 1.54) is 0 Å². The van der Waals surface area contributed by atoms with Crippen LogP contribution in [0.4, 0.5) is 5.69 Å². The number of rotatable bonds is 3. The highest BCUT2D eigenvalue weighted by Gasteiger charge is 2.23. The van der Waals surface area contributed by atoms with Crippen molar-refractivity contribution in [3.05, 3.63) is 40.3 Å². The third kappa shape index (κ3) is 3.24. The van der Waals surface area contributed by atoms with Gasteiger partial charge in [-0.25, -0.2) is 0 Å². The molecular formula is C13H16N4O2. The van der Waals surface area contributed by atoms with Gasteiger partial charge in [-0.15, -0.1) is 0 Å². The molecule has 6 nitrogen and oxygen atoms in total. The lowest BCUT2D eigenvalue weighted by atomic mass is 9.98. The molecule has 0 radical (unpaired) electrons. The Hall–Kier alpha value is -2.04. The van der Waals surface area contributed by atoms with Gasteiger partial charge in [0.1, 0.15) is 0 Å². The number of benzene rings is 1. The van der Waals surface area contributed by atoms with Crippen molar-refractivity contribution < 1.29 is 9.90 Å². The van der Waals surface area contributed by atoms with Crippen molar-refractivity contribution in [3.8, 4) is 0 Å². The highest BCUT2D eigenvalue weighted by Crippen LogP contribution is 2.19. The fourth-order valence-corrected chi connectivity index (χ4v) is 2.30. The second-order valence-electron chi connectivity index (χ2n) is 4.68. The van der Waals surface area contributed by atoms with Crippen LogP contribution in [0.3, 0.4) is 0 Å². The number of azide groups is 1. The molecule has 0 aliphatic carbocycles. The first kappa shape index (κ1) is 13.4. The summed E-state index contributed by atoms with van der Waals surface area (Å²) in [6.45, 7) is 1.46. The van der Waals surface area contributed by atoms with Crippen LogP contribution < -0.4 is 0 Å². The molecule has 100 valence electrons. The number of carbonyl (C=O) groups excluding carboxylic acids is 1. The molecule has 0 spiro atoms. The lowest BCUT2D eigenvalue weighted by Crippen LogP contribution is -2.40. The minimum atomic E-state index is -0.0364. The van der Waals surface area contributed by atoms with Gasteiger partial charge in [0.05, 0.1) is 0 Å². The molecule has 1 fully saturated rings. The van der Waals surface area contributed by atoms with Crippen LogP contribution in [0.15, 0.2) is 29.4 Å². The summed E-state index contributed by atoms with van der Waals surface area (Å²) in [6.07, 6.45) is 1.89. The second-order valence-corrected chi connectivity index (χ2v) is 4.68. The van der Waals surface area contributed by atoms with Crippen LogP contribution in [-0.2, 0) is 0 Å². The van der Waals surface area contributed by atoms with E-state index in [-0.39, 0.29) is 18.4 Å². The third-order valence-corrected chi connectivity index (χ3v) is 3.34. The van der Waals surface area contributed by atoms with Gasteiger partial charge in [-0.1, -0.05) is 17.2 Å². The Morgan fingerprint density at radius 3 is 2.84 bits per heavy atom. The first-order valence-corrected chi connectivity index (χ1v) is 6.30. The summed E-state index contributed by atoms with van der Waals surface area (Å²) < 4.78 is 0. The largest absolute Gasteiger partial charge is 0.396 e. The topological polar surface area (TPSA) is 89.3 Å². The smallest absolute Gasteiger partial charge is 0.253 e. The Kier molecular flexibility index (Phi) is 4.39. The summed E-state index contributed by atoms with van der Waals surface area (Å²) in [5.41, 5.74) is 9.39. The Morgan fingerprint density at radius 1 is 1.47 bits per heavy atom. The molecule has 1 amide bonds. The van der Waals surface area contributed by atoms with Gasteiger partial charge < -0.3 is 10.0 Å². The molecule has 1 aliphatic rings. The monoisotopic (exact) mass is 260 g/mol. The van der Waals surface area contributed by atoms with Crippen LogP contribution in [-0.4, -0.2) is 35.6 Å². The second kappa shape index (κ2) is 6.22. The zero-order valence-electron chi connectivity index (χ0n) is 10.6. The van der Waals surface area contributed by atoms with Crippen LogP contribution in [0, 0.1) is 5.92 Å². The minimum absolute atomic E-state index is 0.0364. The van der Waals surface area contributed by atoms with E-state index < -0.39 is 0 Å². The van der Waals surface area contributed by atoms with Crippen molar-refractivity contribution in [2.24, 2.45) is 11.0 Å². The van der Waals surface area contributed by atoms with Gasteiger partial charge in [0.15, 0.2) is 0 Å². The maximum atomic E-state index is 12.3. The summed E-state index contributed by atoms with van der Waals surface area (Å²) >= 11 is 0. The number of aliphatic hydroxyl groups is 1. The standard InChI is InChI=1S/C13H16N4O2/c14-16-15-12-5-3-11(4-6-12)13(19)17-7-1-2-10(8-17)9-18/h3-6,10,18H,1-2,7-9H2. The molecule has 1 unspecified atom stereocenters. The van der Waals surface area contributed by atoms with Crippen molar-refractivity contribution in [1.82, 2.24) is 4.90 Å². The molecule has 19 heavy (non-hydrogen) atoms. The minimum Gasteiger partial charge on any atom is -0.396 e. The van der Waals surface area contributed by atoms with E-state index in [4.69, 9.17) is 5.53 Å². The maximum Gasteiger partial charge on any atom is 0.253 e. The van der Waals surface area contributed by atoms with Gasteiger partial charge in [0, 0.05) is 35.9 Å². The number of carbonyl (C=O) groups is 1. The quantitative estimate of drug-likeness (QED) is 0.514. The average Bonchev–Trinajstić information content (AvgIpc) is 2.48. The SMILES string of the molecule is [N-]=[N+]=Nc1ccc(C(=O)N2CCCC(CO)C2)cc1. The molecule has 1 heterocycles. The van der Waals surface area contributed by atoms with Gasteiger partial charge in [-0.05, 0) is 36.4 Å². The van der Waals surface area contributed by atoms with E-state index >= 15 is 0 Å². The molecule has 1 atom stereocenters. The van der Waals surface area contributed by atoms with Crippen molar-refractivity contribution in [2.75, 3.05) is 19.7 Å². The number of hydrogen-bond donors (Lipinski definition) is 1. The van der Waals surface area contributed by atoms with Crippen LogP contribution in [0.2, 0.25) is 0 Å². The van der Waals surface area contributed by atoms with Gasteiger partial charge in [0.2, 0.25) is 0 Å². The fourth-order valence-electron chi connectivity index (χ4n) is 2.30. The molecule has 0 aromatic heterocycles. The van der Waals surface area contributed by atoms with Crippen molar-refractivity contribution in [2.45, 2.75) is 12.8 Å². The zero-order valence-corrected chi connectivity index (χ0v) is 10.6. The molecule has 6 heteroatoms. The zero-order chi connectivity index (χ0) is 13.7. The first-order valence-electron chi connectivity index (χ1n) is 6.30. The highest BCUT2D eigenvalue weighted by atomic mass is 16.3. The average molecular weight is 260 g/mol. The van der Waals surface area contributed by atoms with Crippen LogP contribution >= 0.6 is 0 Å². The van der Waals surface area contributed by atoms with E-state index in [0.29, 0.717) is 17.8 Å². The van der Waals surface area contributed by atoms with Crippen LogP contribution in [0.1, 0.15) is 23.2 Å². The molecule has 1 aromatic rings. The van der Waals surface area contributed by atoms with Crippen molar-refractivity contribution in [3.63, 3.8) is 0 Å². The highest BCUT2D eigenvalue weighted by molar-refractivity contribution is 5.94. The Labute approximate surface area is 111 Å². The Bertz CT molecular complexity index is 494. The predicted molar refractivity (Wildman–Crippen MR) is 71.0 cm³/mol. The first-order chi connectivity index (χ1) is 9.24. The Balaban J connectivity index is 2.08. The normalized spacial score (nSPS) is 18.8. The number of piperidine rings is 1. The van der Waals surface area contributed by atoms with Gasteiger partial charge in [-0.3, -0.25) is 4.79 Å². The fraction of sp³-hybridized carbons (Fsp3) is 0.462. The number of hydrogen-bond acceptors (Lipinski definition) is 3. The van der Waals surface area contributed by atoms with E-state index in [1.54, 1.807) is 29.2 Å². The molecular weight excluding hydrogens is 244 g/mol. The summed E-state index contributed by atoms with van der Waals surface area (Å²) in [4.78, 5) is 16.7. The van der Waals surface area contributed by atoms with Gasteiger partial charge in [-0.2, -0.15) is 0 Å². The molecule has 0 saturated carbocycles. The molecule has 1 saturated heterocycles. The van der Waals surface area contributed by atoms with E-state index in [0.717, 1.165) is 19.4 Å². The summed E-state index contributed by atoms with van der Waals surface area (Å²) in [5, 5.41) is 12.6. The number of aliphatic hydroxyl groups excluding tert-OH is 1.